The summed E-state index contributed by atoms with van der Waals surface area (Å²) in [6.45, 7) is 0.206. The highest BCUT2D eigenvalue weighted by molar-refractivity contribution is 6.46. The van der Waals surface area contributed by atoms with E-state index in [9.17, 15) is 14.7 Å². The summed E-state index contributed by atoms with van der Waals surface area (Å²) in [4.78, 5) is 31.5. The number of pyridine rings is 1. The average molecular weight is 400 g/mol. The van der Waals surface area contributed by atoms with Gasteiger partial charge in [0.15, 0.2) is 0 Å². The van der Waals surface area contributed by atoms with E-state index in [1.165, 1.54) is 4.90 Å². The van der Waals surface area contributed by atoms with Crippen molar-refractivity contribution in [1.82, 2.24) is 9.88 Å². The van der Waals surface area contributed by atoms with Gasteiger partial charge >= 0.3 is 0 Å². The fraction of sp³-hybridized carbons (Fsp3) is 0.125. The van der Waals surface area contributed by atoms with E-state index < -0.39 is 17.7 Å². The average Bonchev–Trinajstić information content (AvgIpc) is 3.05. The molecule has 1 aromatic heterocycles. The molecule has 1 atom stereocenters. The van der Waals surface area contributed by atoms with Gasteiger partial charge < -0.3 is 14.7 Å². The standard InChI is InChI=1S/C24H20N2O4/c1-30-19-11-9-18(10-12-19)22(27)20-21(17-7-3-2-4-8-17)26(24(29)23(20)28)15-16-6-5-13-25-14-16/h2-14,21,27H,15H2,1H3/t21-/m0/s1. The van der Waals surface area contributed by atoms with Crippen LogP contribution in [-0.4, -0.2) is 33.8 Å². The molecule has 2 aromatic carbocycles. The lowest BCUT2D eigenvalue weighted by Gasteiger charge is -2.25. The number of likely N-dealkylation sites (tertiary alicyclic amines) is 1. The van der Waals surface area contributed by atoms with Crippen LogP contribution in [0.5, 0.6) is 5.75 Å². The Morgan fingerprint density at radius 1 is 1.03 bits per heavy atom. The Hall–Kier alpha value is -3.93. The van der Waals surface area contributed by atoms with E-state index >= 15 is 0 Å². The number of aliphatic hydroxyl groups is 1. The van der Waals surface area contributed by atoms with E-state index in [4.69, 9.17) is 4.74 Å². The first-order valence-corrected chi connectivity index (χ1v) is 9.47. The number of ketones is 1. The van der Waals surface area contributed by atoms with Gasteiger partial charge in [0.1, 0.15) is 11.5 Å². The number of carbonyl (C=O) groups is 2. The number of Topliss-reactive ketones (excluding diaryl/α,β-unsaturated/α-hetero) is 1. The summed E-state index contributed by atoms with van der Waals surface area (Å²) in [5, 5.41) is 11.0. The van der Waals surface area contributed by atoms with Crippen molar-refractivity contribution < 1.29 is 19.4 Å². The normalized spacial score (nSPS) is 17.9. The Morgan fingerprint density at radius 2 is 1.77 bits per heavy atom. The third-order valence-electron chi connectivity index (χ3n) is 5.09. The largest absolute Gasteiger partial charge is 0.507 e. The second kappa shape index (κ2) is 8.21. The molecule has 30 heavy (non-hydrogen) atoms. The smallest absolute Gasteiger partial charge is 0.295 e. The van der Waals surface area contributed by atoms with Crippen LogP contribution in [0.4, 0.5) is 0 Å². The van der Waals surface area contributed by atoms with Gasteiger partial charge in [0.05, 0.1) is 18.7 Å². The first-order valence-electron chi connectivity index (χ1n) is 9.47. The van der Waals surface area contributed by atoms with Crippen molar-refractivity contribution in [2.75, 3.05) is 7.11 Å². The van der Waals surface area contributed by atoms with Crippen LogP contribution in [0.25, 0.3) is 5.76 Å². The molecule has 1 saturated heterocycles. The molecule has 0 spiro atoms. The van der Waals surface area contributed by atoms with E-state index in [0.717, 1.165) is 11.1 Å². The molecular weight excluding hydrogens is 380 g/mol. The van der Waals surface area contributed by atoms with Gasteiger partial charge in [-0.1, -0.05) is 36.4 Å². The van der Waals surface area contributed by atoms with Crippen LogP contribution >= 0.6 is 0 Å². The lowest BCUT2D eigenvalue weighted by Crippen LogP contribution is -2.29. The lowest BCUT2D eigenvalue weighted by atomic mass is 9.95. The highest BCUT2D eigenvalue weighted by atomic mass is 16.5. The molecule has 0 bridgehead atoms. The van der Waals surface area contributed by atoms with Crippen LogP contribution < -0.4 is 4.74 Å². The van der Waals surface area contributed by atoms with Crippen LogP contribution in [0, 0.1) is 0 Å². The number of ether oxygens (including phenoxy) is 1. The molecule has 0 saturated carbocycles. The zero-order valence-corrected chi connectivity index (χ0v) is 16.4. The van der Waals surface area contributed by atoms with Crippen molar-refractivity contribution in [1.29, 1.82) is 0 Å². The van der Waals surface area contributed by atoms with E-state index in [2.05, 4.69) is 4.98 Å². The Bertz CT molecular complexity index is 1090. The fourth-order valence-electron chi connectivity index (χ4n) is 3.62. The molecule has 2 heterocycles. The fourth-order valence-corrected chi connectivity index (χ4v) is 3.62. The van der Waals surface area contributed by atoms with Crippen molar-refractivity contribution in [2.45, 2.75) is 12.6 Å². The summed E-state index contributed by atoms with van der Waals surface area (Å²) < 4.78 is 5.15. The Labute approximate surface area is 174 Å². The maximum Gasteiger partial charge on any atom is 0.295 e. The van der Waals surface area contributed by atoms with Crippen molar-refractivity contribution in [3.8, 4) is 5.75 Å². The van der Waals surface area contributed by atoms with Gasteiger partial charge in [0.2, 0.25) is 0 Å². The number of aromatic nitrogens is 1. The summed E-state index contributed by atoms with van der Waals surface area (Å²) >= 11 is 0. The summed E-state index contributed by atoms with van der Waals surface area (Å²) in [7, 11) is 1.55. The van der Waals surface area contributed by atoms with Gasteiger partial charge in [-0.25, -0.2) is 0 Å². The molecule has 4 rings (SSSR count). The van der Waals surface area contributed by atoms with Gasteiger partial charge in [0, 0.05) is 24.5 Å². The lowest BCUT2D eigenvalue weighted by molar-refractivity contribution is -0.140. The molecule has 1 aliphatic rings. The monoisotopic (exact) mass is 400 g/mol. The number of methoxy groups -OCH3 is 1. The quantitative estimate of drug-likeness (QED) is 0.401. The molecular formula is C24H20N2O4. The Morgan fingerprint density at radius 3 is 2.40 bits per heavy atom. The SMILES string of the molecule is COc1ccc(C(O)=C2C(=O)C(=O)N(Cc3cccnc3)[C@H]2c2ccccc2)cc1. The summed E-state index contributed by atoms with van der Waals surface area (Å²) in [5.41, 5.74) is 2.05. The number of benzene rings is 2. The molecule has 1 fully saturated rings. The van der Waals surface area contributed by atoms with Gasteiger partial charge in [-0.3, -0.25) is 14.6 Å². The molecule has 0 aliphatic carbocycles. The minimum absolute atomic E-state index is 0.0697. The third kappa shape index (κ3) is 3.55. The van der Waals surface area contributed by atoms with Crippen molar-refractivity contribution in [3.63, 3.8) is 0 Å². The Balaban J connectivity index is 1.83. The van der Waals surface area contributed by atoms with Crippen LogP contribution in [0.1, 0.15) is 22.7 Å². The maximum absolute atomic E-state index is 13.0. The van der Waals surface area contributed by atoms with Gasteiger partial charge in [-0.15, -0.1) is 0 Å². The van der Waals surface area contributed by atoms with Crippen molar-refractivity contribution in [2.24, 2.45) is 0 Å². The maximum atomic E-state index is 13.0. The zero-order chi connectivity index (χ0) is 21.1. The van der Waals surface area contributed by atoms with Crippen molar-refractivity contribution in [3.05, 3.63) is 101 Å². The van der Waals surface area contributed by atoms with Crippen LogP contribution in [0.2, 0.25) is 0 Å². The van der Waals surface area contributed by atoms with E-state index in [0.29, 0.717) is 11.3 Å². The summed E-state index contributed by atoms with van der Waals surface area (Å²) in [5.74, 6) is -0.939. The first kappa shape index (κ1) is 19.4. The van der Waals surface area contributed by atoms with Gasteiger partial charge in [0.25, 0.3) is 11.7 Å². The highest BCUT2D eigenvalue weighted by Crippen LogP contribution is 2.40. The molecule has 1 amide bonds. The number of rotatable bonds is 5. The van der Waals surface area contributed by atoms with Crippen LogP contribution in [0.3, 0.4) is 0 Å². The van der Waals surface area contributed by atoms with Gasteiger partial charge in [-0.2, -0.15) is 0 Å². The second-order valence-electron chi connectivity index (χ2n) is 6.93. The minimum Gasteiger partial charge on any atom is -0.507 e. The van der Waals surface area contributed by atoms with Crippen LogP contribution in [-0.2, 0) is 16.1 Å². The number of amides is 1. The highest BCUT2D eigenvalue weighted by Gasteiger charge is 2.46. The number of aliphatic hydroxyl groups excluding tert-OH is 1. The number of hydrogen-bond acceptors (Lipinski definition) is 5. The van der Waals surface area contributed by atoms with E-state index in [1.54, 1.807) is 49.8 Å². The minimum atomic E-state index is -0.707. The topological polar surface area (TPSA) is 79.7 Å². The molecule has 6 nitrogen and oxygen atoms in total. The first-order chi connectivity index (χ1) is 14.6. The molecule has 6 heteroatoms. The molecule has 0 radical (unpaired) electrons. The summed E-state index contributed by atoms with van der Waals surface area (Å²) in [6.07, 6.45) is 3.31. The summed E-state index contributed by atoms with van der Waals surface area (Å²) in [6, 6.07) is 18.8. The predicted octanol–water partition coefficient (Wildman–Crippen LogP) is 3.71. The molecule has 0 unspecified atom stereocenters. The Kier molecular flexibility index (Phi) is 5.30. The molecule has 3 aromatic rings. The number of hydrogen-bond donors (Lipinski definition) is 1. The zero-order valence-electron chi connectivity index (χ0n) is 16.4. The second-order valence-corrected chi connectivity index (χ2v) is 6.93. The van der Waals surface area contributed by atoms with Crippen molar-refractivity contribution >= 4 is 17.4 Å². The molecule has 1 N–H and O–H groups in total. The number of carbonyl (C=O) groups excluding carboxylic acids is 2. The molecule has 1 aliphatic heterocycles. The number of nitrogens with zero attached hydrogens (tertiary/aromatic N) is 2. The van der Waals surface area contributed by atoms with E-state index in [-0.39, 0.29) is 17.9 Å². The van der Waals surface area contributed by atoms with E-state index in [1.807, 2.05) is 36.4 Å². The van der Waals surface area contributed by atoms with Crippen LogP contribution in [0.15, 0.2) is 84.7 Å². The molecule has 150 valence electrons. The third-order valence-corrected chi connectivity index (χ3v) is 5.09. The van der Waals surface area contributed by atoms with Gasteiger partial charge in [-0.05, 0) is 41.5 Å². The predicted molar refractivity (Wildman–Crippen MR) is 112 cm³/mol.